The van der Waals surface area contributed by atoms with E-state index in [1.54, 1.807) is 6.07 Å². The van der Waals surface area contributed by atoms with Gasteiger partial charge in [0.2, 0.25) is 0 Å². The van der Waals surface area contributed by atoms with E-state index in [-0.39, 0.29) is 0 Å². The highest BCUT2D eigenvalue weighted by atomic mass is 19.4. The average Bonchev–Trinajstić information content (AvgIpc) is 3.62. The first-order chi connectivity index (χ1) is 29.3. The molecule has 0 aliphatic heterocycles. The van der Waals surface area contributed by atoms with Crippen LogP contribution >= 0.6 is 0 Å². The summed E-state index contributed by atoms with van der Waals surface area (Å²) in [6.07, 6.45) is -4.51. The molecule has 6 nitrogen and oxygen atoms in total. The second-order valence-electron chi connectivity index (χ2n) is 14.5. The fourth-order valence-corrected chi connectivity index (χ4v) is 7.64. The van der Waals surface area contributed by atoms with Crippen LogP contribution in [-0.4, -0.2) is 29.5 Å². The molecular formula is C51H33F3N6. The van der Waals surface area contributed by atoms with Crippen LogP contribution in [-0.2, 0) is 6.18 Å². The molecule has 0 amide bonds. The molecule has 60 heavy (non-hydrogen) atoms. The summed E-state index contributed by atoms with van der Waals surface area (Å²) in [6, 6.07) is 57.0. The lowest BCUT2D eigenvalue weighted by atomic mass is 10.0. The Kier molecular flexibility index (Phi) is 9.06. The number of hydrogen-bond acceptors (Lipinski definition) is 5. The number of hydrogen-bond donors (Lipinski definition) is 0. The van der Waals surface area contributed by atoms with Crippen molar-refractivity contribution in [3.05, 3.63) is 193 Å². The first-order valence-corrected chi connectivity index (χ1v) is 19.4. The largest absolute Gasteiger partial charge is 0.416 e. The molecule has 0 spiro atoms. The van der Waals surface area contributed by atoms with E-state index in [0.29, 0.717) is 56.5 Å². The summed E-state index contributed by atoms with van der Waals surface area (Å²) in [5.74, 6) is 1.90. The highest BCUT2D eigenvalue weighted by Gasteiger charge is 2.31. The minimum Gasteiger partial charge on any atom is -0.309 e. The number of rotatable bonds is 7. The third-order valence-corrected chi connectivity index (χ3v) is 10.5. The molecule has 10 rings (SSSR count). The maximum Gasteiger partial charge on any atom is 0.416 e. The molecule has 0 aliphatic carbocycles. The van der Waals surface area contributed by atoms with Gasteiger partial charge in [0.1, 0.15) is 0 Å². The van der Waals surface area contributed by atoms with Gasteiger partial charge in [-0.25, -0.2) is 24.9 Å². The molecule has 3 heterocycles. The lowest BCUT2D eigenvalue weighted by molar-refractivity contribution is -0.137. The Bertz CT molecular complexity index is 3070. The Balaban J connectivity index is 1.28. The van der Waals surface area contributed by atoms with E-state index in [4.69, 9.17) is 24.9 Å². The first-order valence-electron chi connectivity index (χ1n) is 19.4. The number of alkyl halides is 3. The van der Waals surface area contributed by atoms with E-state index < -0.39 is 11.7 Å². The number of aryl methyl sites for hydroxylation is 1. The minimum atomic E-state index is -4.51. The van der Waals surface area contributed by atoms with E-state index in [0.717, 1.165) is 50.7 Å². The quantitative estimate of drug-likeness (QED) is 0.161. The van der Waals surface area contributed by atoms with Gasteiger partial charge in [-0.05, 0) is 55.5 Å². The van der Waals surface area contributed by atoms with Gasteiger partial charge in [0.05, 0.1) is 33.7 Å². The molecule has 0 fully saturated rings. The van der Waals surface area contributed by atoms with E-state index in [1.165, 1.54) is 6.07 Å². The maximum atomic E-state index is 14.2. The molecule has 0 saturated heterocycles. The summed E-state index contributed by atoms with van der Waals surface area (Å²) in [5.41, 5.74) is 8.47. The lowest BCUT2D eigenvalue weighted by Crippen LogP contribution is -2.05. The smallest absolute Gasteiger partial charge is 0.309 e. The van der Waals surface area contributed by atoms with Gasteiger partial charge in [-0.2, -0.15) is 13.2 Å². The molecule has 0 radical (unpaired) electrons. The third kappa shape index (κ3) is 6.86. The van der Waals surface area contributed by atoms with Crippen molar-refractivity contribution < 1.29 is 13.2 Å². The van der Waals surface area contributed by atoms with Crippen molar-refractivity contribution in [3.8, 4) is 73.8 Å². The van der Waals surface area contributed by atoms with Crippen molar-refractivity contribution in [2.75, 3.05) is 0 Å². The van der Waals surface area contributed by atoms with Gasteiger partial charge in [-0.15, -0.1) is 0 Å². The summed E-state index contributed by atoms with van der Waals surface area (Å²) in [6.45, 7) is 1.94. The molecule has 0 unspecified atom stereocenters. The molecule has 288 valence electrons. The Labute approximate surface area is 343 Å². The molecule has 0 N–H and O–H groups in total. The van der Waals surface area contributed by atoms with Gasteiger partial charge >= 0.3 is 6.18 Å². The number of halogens is 3. The fraction of sp³-hybridized carbons (Fsp3) is 0.0392. The van der Waals surface area contributed by atoms with E-state index in [2.05, 4.69) is 0 Å². The Morgan fingerprint density at radius 3 is 1.42 bits per heavy atom. The fourth-order valence-electron chi connectivity index (χ4n) is 7.64. The van der Waals surface area contributed by atoms with Crippen molar-refractivity contribution in [2.45, 2.75) is 13.1 Å². The standard InChI is InChI=1S/C51H33F3N6/c1-32-22-25-44-39(28-32)40-30-38(51(52,53)54)24-27-45(40)60(44)46-26-23-37(43-31-42(33-14-6-2-7-15-33)55-47(56-43)34-16-8-3-9-17-34)29-41(46)50-58-48(35-18-10-4-11-19-35)57-49(59-50)36-20-12-5-13-21-36/h2-31H,1H3. The zero-order valence-corrected chi connectivity index (χ0v) is 32.1. The Morgan fingerprint density at radius 2 is 0.867 bits per heavy atom. The van der Waals surface area contributed by atoms with Crippen LogP contribution in [0.3, 0.4) is 0 Å². The van der Waals surface area contributed by atoms with Gasteiger partial charge in [0.25, 0.3) is 0 Å². The van der Waals surface area contributed by atoms with E-state index >= 15 is 0 Å². The van der Waals surface area contributed by atoms with Crippen LogP contribution in [0.2, 0.25) is 0 Å². The summed E-state index contributed by atoms with van der Waals surface area (Å²) in [5, 5.41) is 1.19. The van der Waals surface area contributed by atoms with Crippen molar-refractivity contribution in [3.63, 3.8) is 0 Å². The molecular weight excluding hydrogens is 754 g/mol. The second kappa shape index (κ2) is 14.9. The summed E-state index contributed by atoms with van der Waals surface area (Å²) < 4.78 is 44.6. The van der Waals surface area contributed by atoms with Crippen LogP contribution in [0, 0.1) is 6.92 Å². The number of nitrogens with zero attached hydrogens (tertiary/aromatic N) is 6. The average molecular weight is 787 g/mol. The summed E-state index contributed by atoms with van der Waals surface area (Å²) in [7, 11) is 0. The molecule has 3 aromatic heterocycles. The van der Waals surface area contributed by atoms with Crippen LogP contribution in [0.25, 0.3) is 95.6 Å². The number of aromatic nitrogens is 6. The van der Waals surface area contributed by atoms with Gasteiger partial charge in [0.15, 0.2) is 23.3 Å². The van der Waals surface area contributed by atoms with E-state index in [1.807, 2.05) is 175 Å². The Hall–Kier alpha value is -7.78. The van der Waals surface area contributed by atoms with Gasteiger partial charge in [-0.3, -0.25) is 0 Å². The Morgan fingerprint density at radius 1 is 0.400 bits per heavy atom. The van der Waals surface area contributed by atoms with Crippen molar-refractivity contribution >= 4 is 21.8 Å². The van der Waals surface area contributed by atoms with E-state index in [9.17, 15) is 13.2 Å². The molecule has 7 aromatic carbocycles. The predicted octanol–water partition coefficient (Wildman–Crippen LogP) is 13.1. The highest BCUT2D eigenvalue weighted by Crippen LogP contribution is 2.41. The second-order valence-corrected chi connectivity index (χ2v) is 14.5. The number of benzene rings is 7. The predicted molar refractivity (Wildman–Crippen MR) is 232 cm³/mol. The third-order valence-electron chi connectivity index (χ3n) is 10.5. The van der Waals surface area contributed by atoms with Crippen LogP contribution in [0.4, 0.5) is 13.2 Å². The molecule has 0 aliphatic rings. The lowest BCUT2D eigenvalue weighted by Gasteiger charge is -2.17. The van der Waals surface area contributed by atoms with Crippen molar-refractivity contribution in [1.29, 1.82) is 0 Å². The SMILES string of the molecule is Cc1ccc2c(c1)c1cc(C(F)(F)F)ccc1n2-c1ccc(-c2cc(-c3ccccc3)nc(-c3ccccc3)n2)cc1-c1nc(-c2ccccc2)nc(-c2ccccc2)n1. The zero-order chi connectivity index (χ0) is 40.8. The minimum absolute atomic E-state index is 0.384. The number of fused-ring (bicyclic) bond motifs is 3. The van der Waals surface area contributed by atoms with Crippen LogP contribution in [0.1, 0.15) is 11.1 Å². The summed E-state index contributed by atoms with van der Waals surface area (Å²) >= 11 is 0. The normalized spacial score (nSPS) is 11.7. The molecule has 0 saturated carbocycles. The van der Waals surface area contributed by atoms with Gasteiger partial charge < -0.3 is 4.57 Å². The van der Waals surface area contributed by atoms with Gasteiger partial charge in [0, 0.05) is 44.2 Å². The first kappa shape index (κ1) is 36.6. The maximum absolute atomic E-state index is 14.2. The van der Waals surface area contributed by atoms with Crippen molar-refractivity contribution in [2.24, 2.45) is 0 Å². The summed E-state index contributed by atoms with van der Waals surface area (Å²) in [4.78, 5) is 25.3. The molecule has 9 heteroatoms. The van der Waals surface area contributed by atoms with Gasteiger partial charge in [-0.1, -0.05) is 139 Å². The van der Waals surface area contributed by atoms with Crippen LogP contribution in [0.5, 0.6) is 0 Å². The van der Waals surface area contributed by atoms with Crippen LogP contribution < -0.4 is 0 Å². The monoisotopic (exact) mass is 786 g/mol. The topological polar surface area (TPSA) is 69.4 Å². The van der Waals surface area contributed by atoms with Crippen LogP contribution in [0.15, 0.2) is 182 Å². The molecule has 0 bridgehead atoms. The molecule has 10 aromatic rings. The molecule has 0 atom stereocenters. The van der Waals surface area contributed by atoms with Crippen molar-refractivity contribution in [1.82, 2.24) is 29.5 Å². The zero-order valence-electron chi connectivity index (χ0n) is 32.1. The highest BCUT2D eigenvalue weighted by molar-refractivity contribution is 6.10.